The highest BCUT2D eigenvalue weighted by atomic mass is 35.5. The number of hydrogen-bond donors (Lipinski definition) is 2. The molecule has 1 aromatic heterocycles. The summed E-state index contributed by atoms with van der Waals surface area (Å²) in [5, 5.41) is 9.67. The van der Waals surface area contributed by atoms with Crippen LogP contribution < -0.4 is 0 Å². The Morgan fingerprint density at radius 1 is 1.12 bits per heavy atom. The topological polar surface area (TPSA) is 53.1 Å². The van der Waals surface area contributed by atoms with E-state index in [2.05, 4.69) is 4.98 Å². The number of hydrogen-bond acceptors (Lipinski definition) is 1. The monoisotopic (exact) mass is 255 g/mol. The van der Waals surface area contributed by atoms with Crippen LogP contribution in [0, 0.1) is 0 Å². The van der Waals surface area contributed by atoms with E-state index in [1.807, 2.05) is 0 Å². The molecule has 3 nitrogen and oxygen atoms in total. The molecule has 2 N–H and O–H groups in total. The number of rotatable bonds is 2. The minimum atomic E-state index is -0.994. The van der Waals surface area contributed by atoms with E-state index in [0.29, 0.717) is 15.7 Å². The van der Waals surface area contributed by atoms with Gasteiger partial charge in [-0.3, -0.25) is 0 Å². The summed E-state index contributed by atoms with van der Waals surface area (Å²) in [4.78, 5) is 13.5. The smallest absolute Gasteiger partial charge is 0.352 e. The fourth-order valence-electron chi connectivity index (χ4n) is 1.35. The predicted molar refractivity (Wildman–Crippen MR) is 63.2 cm³/mol. The standard InChI is InChI=1S/C11H7Cl2NO2/c12-7-2-1-6(5-8(7)13)9-3-4-10(14-9)11(15)16/h1-5,14H,(H,15,16). The van der Waals surface area contributed by atoms with Crippen molar-refractivity contribution in [3.05, 3.63) is 46.1 Å². The molecule has 1 aromatic carbocycles. The molecular formula is C11H7Cl2NO2. The van der Waals surface area contributed by atoms with Gasteiger partial charge in [-0.25, -0.2) is 4.79 Å². The van der Waals surface area contributed by atoms with Crippen LogP contribution in [0.1, 0.15) is 10.5 Å². The molecule has 0 aliphatic carbocycles. The summed E-state index contributed by atoms with van der Waals surface area (Å²) >= 11 is 11.7. The third-order valence-corrected chi connectivity index (χ3v) is 2.89. The number of halogens is 2. The average molecular weight is 256 g/mol. The molecule has 82 valence electrons. The number of H-pyrrole nitrogens is 1. The second kappa shape index (κ2) is 4.20. The number of carboxylic acid groups (broad SMARTS) is 1. The van der Waals surface area contributed by atoms with E-state index < -0.39 is 5.97 Å². The van der Waals surface area contributed by atoms with Crippen LogP contribution in [-0.2, 0) is 0 Å². The van der Waals surface area contributed by atoms with Crippen LogP contribution in [0.4, 0.5) is 0 Å². The van der Waals surface area contributed by atoms with Gasteiger partial charge in [0.25, 0.3) is 0 Å². The van der Waals surface area contributed by atoms with Gasteiger partial charge in [-0.15, -0.1) is 0 Å². The fourth-order valence-corrected chi connectivity index (χ4v) is 1.65. The first-order valence-electron chi connectivity index (χ1n) is 4.45. The molecular weight excluding hydrogens is 249 g/mol. The van der Waals surface area contributed by atoms with Crippen molar-refractivity contribution in [3.8, 4) is 11.3 Å². The zero-order valence-electron chi connectivity index (χ0n) is 8.00. The van der Waals surface area contributed by atoms with E-state index >= 15 is 0 Å². The molecule has 0 bridgehead atoms. The van der Waals surface area contributed by atoms with E-state index in [1.54, 1.807) is 24.3 Å². The molecule has 0 unspecified atom stereocenters. The quantitative estimate of drug-likeness (QED) is 0.860. The average Bonchev–Trinajstić information content (AvgIpc) is 2.71. The summed E-state index contributed by atoms with van der Waals surface area (Å²) in [6.07, 6.45) is 0. The van der Waals surface area contributed by atoms with Crippen molar-refractivity contribution in [1.29, 1.82) is 0 Å². The largest absolute Gasteiger partial charge is 0.477 e. The fraction of sp³-hybridized carbons (Fsp3) is 0. The summed E-state index contributed by atoms with van der Waals surface area (Å²) < 4.78 is 0. The molecule has 0 aliphatic heterocycles. The molecule has 0 atom stereocenters. The summed E-state index contributed by atoms with van der Waals surface area (Å²) in [7, 11) is 0. The number of aromatic amines is 1. The Morgan fingerprint density at radius 3 is 2.44 bits per heavy atom. The molecule has 0 spiro atoms. The predicted octanol–water partition coefficient (Wildman–Crippen LogP) is 3.69. The normalized spacial score (nSPS) is 10.4. The Labute approximate surface area is 102 Å². The third kappa shape index (κ3) is 2.05. The van der Waals surface area contributed by atoms with Crippen molar-refractivity contribution in [2.45, 2.75) is 0 Å². The Morgan fingerprint density at radius 2 is 1.88 bits per heavy atom. The summed E-state index contributed by atoms with van der Waals surface area (Å²) in [5.74, 6) is -0.994. The maximum Gasteiger partial charge on any atom is 0.352 e. The van der Waals surface area contributed by atoms with Gasteiger partial charge in [0.1, 0.15) is 5.69 Å². The number of carboxylic acids is 1. The van der Waals surface area contributed by atoms with Gasteiger partial charge < -0.3 is 10.1 Å². The van der Waals surface area contributed by atoms with Gasteiger partial charge in [0, 0.05) is 5.69 Å². The van der Waals surface area contributed by atoms with Crippen LogP contribution in [0.15, 0.2) is 30.3 Å². The molecule has 2 aromatic rings. The first kappa shape index (κ1) is 11.0. The second-order valence-corrected chi connectivity index (χ2v) is 4.03. The van der Waals surface area contributed by atoms with E-state index in [4.69, 9.17) is 28.3 Å². The van der Waals surface area contributed by atoms with Crippen LogP contribution in [0.25, 0.3) is 11.3 Å². The minimum Gasteiger partial charge on any atom is -0.477 e. The highest BCUT2D eigenvalue weighted by molar-refractivity contribution is 6.42. The van der Waals surface area contributed by atoms with Crippen LogP contribution in [-0.4, -0.2) is 16.1 Å². The van der Waals surface area contributed by atoms with E-state index in [-0.39, 0.29) is 5.69 Å². The first-order chi connectivity index (χ1) is 7.58. The second-order valence-electron chi connectivity index (χ2n) is 3.22. The van der Waals surface area contributed by atoms with E-state index in [0.717, 1.165) is 5.56 Å². The number of nitrogens with one attached hydrogen (secondary N) is 1. The van der Waals surface area contributed by atoms with Gasteiger partial charge in [-0.05, 0) is 29.8 Å². The van der Waals surface area contributed by atoms with Crippen LogP contribution in [0.2, 0.25) is 10.0 Å². The molecule has 0 amide bonds. The van der Waals surface area contributed by atoms with E-state index in [9.17, 15) is 4.79 Å². The molecule has 16 heavy (non-hydrogen) atoms. The van der Waals surface area contributed by atoms with Gasteiger partial charge >= 0.3 is 5.97 Å². The number of carbonyl (C=O) groups is 1. The lowest BCUT2D eigenvalue weighted by Crippen LogP contribution is -1.95. The van der Waals surface area contributed by atoms with Crippen LogP contribution in [0.5, 0.6) is 0 Å². The van der Waals surface area contributed by atoms with Gasteiger partial charge in [-0.1, -0.05) is 29.3 Å². The van der Waals surface area contributed by atoms with Crippen molar-refractivity contribution in [2.24, 2.45) is 0 Å². The van der Waals surface area contributed by atoms with Crippen molar-refractivity contribution in [3.63, 3.8) is 0 Å². The maximum absolute atomic E-state index is 10.7. The van der Waals surface area contributed by atoms with Crippen LogP contribution >= 0.6 is 23.2 Å². The Hall–Kier alpha value is -1.45. The molecule has 0 aliphatic rings. The molecule has 5 heteroatoms. The lowest BCUT2D eigenvalue weighted by atomic mass is 10.2. The molecule has 0 saturated heterocycles. The Bertz CT molecular complexity index is 549. The summed E-state index contributed by atoms with van der Waals surface area (Å²) in [6, 6.07) is 8.30. The zero-order valence-corrected chi connectivity index (χ0v) is 9.51. The molecule has 0 fully saturated rings. The summed E-state index contributed by atoms with van der Waals surface area (Å²) in [6.45, 7) is 0. The minimum absolute atomic E-state index is 0.140. The molecule has 0 radical (unpaired) electrons. The zero-order chi connectivity index (χ0) is 11.7. The van der Waals surface area contributed by atoms with Gasteiger partial charge in [0.2, 0.25) is 0 Å². The lowest BCUT2D eigenvalue weighted by molar-refractivity contribution is 0.0691. The first-order valence-corrected chi connectivity index (χ1v) is 5.21. The number of aromatic nitrogens is 1. The third-order valence-electron chi connectivity index (χ3n) is 2.15. The Kier molecular flexibility index (Phi) is 2.90. The van der Waals surface area contributed by atoms with Crippen molar-refractivity contribution < 1.29 is 9.90 Å². The molecule has 2 rings (SSSR count). The van der Waals surface area contributed by atoms with Gasteiger partial charge in [0.15, 0.2) is 0 Å². The van der Waals surface area contributed by atoms with Gasteiger partial charge in [0.05, 0.1) is 10.0 Å². The van der Waals surface area contributed by atoms with Crippen molar-refractivity contribution in [2.75, 3.05) is 0 Å². The van der Waals surface area contributed by atoms with Crippen molar-refractivity contribution in [1.82, 2.24) is 4.98 Å². The lowest BCUT2D eigenvalue weighted by Gasteiger charge is -2.00. The highest BCUT2D eigenvalue weighted by Gasteiger charge is 2.08. The maximum atomic E-state index is 10.7. The van der Waals surface area contributed by atoms with Gasteiger partial charge in [-0.2, -0.15) is 0 Å². The number of benzene rings is 1. The molecule has 0 saturated carbocycles. The van der Waals surface area contributed by atoms with Crippen LogP contribution in [0.3, 0.4) is 0 Å². The Balaban J connectivity index is 2.42. The number of aromatic carboxylic acids is 1. The van der Waals surface area contributed by atoms with Crippen molar-refractivity contribution >= 4 is 29.2 Å². The highest BCUT2D eigenvalue weighted by Crippen LogP contribution is 2.27. The SMILES string of the molecule is O=C(O)c1ccc(-c2ccc(Cl)c(Cl)c2)[nH]1. The molecule has 1 heterocycles. The summed E-state index contributed by atoms with van der Waals surface area (Å²) in [5.41, 5.74) is 1.62. The van der Waals surface area contributed by atoms with E-state index in [1.165, 1.54) is 6.07 Å².